The lowest BCUT2D eigenvalue weighted by Gasteiger charge is -2.32. The number of nitriles is 1. The zero-order chi connectivity index (χ0) is 36.1. The Morgan fingerprint density at radius 2 is 1.71 bits per heavy atom. The first kappa shape index (κ1) is 37.4. The van der Waals surface area contributed by atoms with E-state index in [4.69, 9.17) is 9.90 Å². The van der Waals surface area contributed by atoms with Crippen molar-refractivity contribution in [3.63, 3.8) is 0 Å². The Kier molecular flexibility index (Phi) is 11.6. The van der Waals surface area contributed by atoms with Crippen molar-refractivity contribution in [3.8, 4) is 6.07 Å². The molecule has 12 nitrogen and oxygen atoms in total. The number of carbonyl (C=O) groups excluding carboxylic acids is 3. The summed E-state index contributed by atoms with van der Waals surface area (Å²) in [6.07, 6.45) is -4.13. The highest BCUT2D eigenvalue weighted by Gasteiger charge is 2.43. The second-order valence-corrected chi connectivity index (χ2v) is 13.3. The van der Waals surface area contributed by atoms with Crippen LogP contribution in [0.3, 0.4) is 0 Å². The SMILES string of the molecule is CNC(C)C(=O)N[C@@H]1C(=O)N(Cc2c(C)ccc3ccccc23)c2ccc(C#N)cc2N(C(=O)CS(C)(=O)=O)[C@H]1C.O=C(O)C(F)(F)F. The van der Waals surface area contributed by atoms with Crippen molar-refractivity contribution >= 4 is 55.7 Å². The van der Waals surface area contributed by atoms with Crippen LogP contribution in [0.5, 0.6) is 0 Å². The maximum atomic E-state index is 14.4. The third-order valence-electron chi connectivity index (χ3n) is 7.69. The van der Waals surface area contributed by atoms with Gasteiger partial charge in [0.25, 0.3) is 5.91 Å². The summed E-state index contributed by atoms with van der Waals surface area (Å²) in [5, 5.41) is 24.3. The largest absolute Gasteiger partial charge is 0.490 e. The average Bonchev–Trinajstić information content (AvgIpc) is 3.09. The number of halogens is 3. The van der Waals surface area contributed by atoms with E-state index >= 15 is 0 Å². The molecule has 1 aliphatic heterocycles. The Morgan fingerprint density at radius 3 is 2.27 bits per heavy atom. The number of likely N-dealkylation sites (N-methyl/N-ethyl adjacent to an activating group) is 1. The van der Waals surface area contributed by atoms with E-state index in [1.54, 1.807) is 33.0 Å². The molecule has 48 heavy (non-hydrogen) atoms. The number of hydrogen-bond donors (Lipinski definition) is 3. The fourth-order valence-corrected chi connectivity index (χ4v) is 5.69. The average molecular weight is 690 g/mol. The topological polar surface area (TPSA) is 177 Å². The fourth-order valence-electron chi connectivity index (χ4n) is 5.10. The highest BCUT2D eigenvalue weighted by Crippen LogP contribution is 2.38. The van der Waals surface area contributed by atoms with Gasteiger partial charge in [0.15, 0.2) is 9.84 Å². The Morgan fingerprint density at radius 1 is 1.08 bits per heavy atom. The van der Waals surface area contributed by atoms with E-state index in [1.807, 2.05) is 43.3 Å². The Hall–Kier alpha value is -5.01. The normalized spacial score (nSPS) is 16.9. The first-order valence-corrected chi connectivity index (χ1v) is 16.5. The van der Waals surface area contributed by atoms with Gasteiger partial charge in [0, 0.05) is 6.26 Å². The molecule has 0 spiro atoms. The molecule has 3 aromatic carbocycles. The minimum Gasteiger partial charge on any atom is -0.475 e. The number of alkyl halides is 3. The Balaban J connectivity index is 0.000000804. The van der Waals surface area contributed by atoms with Crippen molar-refractivity contribution in [2.24, 2.45) is 0 Å². The number of carbonyl (C=O) groups is 4. The van der Waals surface area contributed by atoms with Crippen molar-refractivity contribution in [2.75, 3.05) is 28.9 Å². The van der Waals surface area contributed by atoms with E-state index in [0.29, 0.717) is 5.69 Å². The molecule has 0 fully saturated rings. The maximum absolute atomic E-state index is 14.4. The zero-order valence-corrected chi connectivity index (χ0v) is 27.4. The van der Waals surface area contributed by atoms with E-state index in [0.717, 1.165) is 28.2 Å². The molecule has 1 aliphatic rings. The molecular weight excluding hydrogens is 655 g/mol. The quantitative estimate of drug-likeness (QED) is 0.337. The third kappa shape index (κ3) is 8.66. The van der Waals surface area contributed by atoms with Crippen LogP contribution in [0.15, 0.2) is 54.6 Å². The van der Waals surface area contributed by atoms with Crippen LogP contribution in [0.25, 0.3) is 10.8 Å². The highest BCUT2D eigenvalue weighted by atomic mass is 32.2. The number of hydrogen-bond acceptors (Lipinski definition) is 8. The monoisotopic (exact) mass is 689 g/mol. The van der Waals surface area contributed by atoms with Gasteiger partial charge in [0.05, 0.1) is 41.6 Å². The lowest BCUT2D eigenvalue weighted by molar-refractivity contribution is -0.192. The van der Waals surface area contributed by atoms with Crippen LogP contribution in [0.2, 0.25) is 0 Å². The van der Waals surface area contributed by atoms with Gasteiger partial charge in [-0.05, 0) is 67.9 Å². The summed E-state index contributed by atoms with van der Waals surface area (Å²) in [7, 11) is -2.13. The molecule has 0 saturated heterocycles. The molecule has 3 atom stereocenters. The molecule has 3 N–H and O–H groups in total. The number of aryl methyl sites for hydroxylation is 1. The van der Waals surface area contributed by atoms with Gasteiger partial charge in [-0.15, -0.1) is 0 Å². The van der Waals surface area contributed by atoms with Gasteiger partial charge in [-0.1, -0.05) is 36.4 Å². The molecule has 0 aliphatic carbocycles. The lowest BCUT2D eigenvalue weighted by atomic mass is 9.98. The summed E-state index contributed by atoms with van der Waals surface area (Å²) in [5.41, 5.74) is 2.60. The molecule has 0 radical (unpaired) electrons. The number of carboxylic acid groups (broad SMARTS) is 1. The van der Waals surface area contributed by atoms with Gasteiger partial charge < -0.3 is 25.5 Å². The van der Waals surface area contributed by atoms with Crippen molar-refractivity contribution in [1.29, 1.82) is 5.26 Å². The summed E-state index contributed by atoms with van der Waals surface area (Å²) in [5.74, 6) is -5.27. The molecule has 0 bridgehead atoms. The predicted octanol–water partition coefficient (Wildman–Crippen LogP) is 3.06. The number of sulfone groups is 1. The molecule has 256 valence electrons. The number of anilines is 2. The molecule has 3 amide bonds. The van der Waals surface area contributed by atoms with Gasteiger partial charge >= 0.3 is 12.1 Å². The number of fused-ring (bicyclic) bond motifs is 2. The van der Waals surface area contributed by atoms with Gasteiger partial charge in [-0.2, -0.15) is 18.4 Å². The summed E-state index contributed by atoms with van der Waals surface area (Å²) >= 11 is 0. The van der Waals surface area contributed by atoms with E-state index in [2.05, 4.69) is 16.7 Å². The third-order valence-corrected chi connectivity index (χ3v) is 8.46. The van der Waals surface area contributed by atoms with E-state index in [-0.39, 0.29) is 17.8 Å². The minimum absolute atomic E-state index is 0.111. The second kappa shape index (κ2) is 14.8. The Labute approximate surface area is 275 Å². The molecule has 0 aromatic heterocycles. The predicted molar refractivity (Wildman–Crippen MR) is 172 cm³/mol. The lowest BCUT2D eigenvalue weighted by Crippen LogP contribution is -2.60. The van der Waals surface area contributed by atoms with Crippen LogP contribution >= 0.6 is 0 Å². The van der Waals surface area contributed by atoms with E-state index in [1.165, 1.54) is 15.9 Å². The zero-order valence-electron chi connectivity index (χ0n) is 26.6. The Bertz CT molecular complexity index is 1890. The maximum Gasteiger partial charge on any atom is 0.490 e. The first-order valence-electron chi connectivity index (χ1n) is 14.4. The van der Waals surface area contributed by atoms with Crippen LogP contribution in [0, 0.1) is 18.3 Å². The van der Waals surface area contributed by atoms with Crippen molar-refractivity contribution in [1.82, 2.24) is 10.6 Å². The van der Waals surface area contributed by atoms with E-state index < -0.39 is 63.6 Å². The summed E-state index contributed by atoms with van der Waals surface area (Å²) in [4.78, 5) is 52.6. The molecule has 3 aromatic rings. The van der Waals surface area contributed by atoms with Gasteiger partial charge in [-0.3, -0.25) is 14.4 Å². The van der Waals surface area contributed by atoms with Gasteiger partial charge in [0.1, 0.15) is 11.8 Å². The summed E-state index contributed by atoms with van der Waals surface area (Å²) < 4.78 is 56.1. The number of benzene rings is 3. The van der Waals surface area contributed by atoms with Crippen molar-refractivity contribution in [2.45, 2.75) is 51.6 Å². The van der Waals surface area contributed by atoms with Gasteiger partial charge in [0.2, 0.25) is 11.8 Å². The first-order chi connectivity index (χ1) is 22.3. The summed E-state index contributed by atoms with van der Waals surface area (Å²) in [6, 6.07) is 15.6. The smallest absolute Gasteiger partial charge is 0.475 e. The number of carboxylic acids is 1. The van der Waals surface area contributed by atoms with Crippen LogP contribution in [-0.4, -0.2) is 80.6 Å². The minimum atomic E-state index is -5.08. The fraction of sp³-hybridized carbons (Fsp3) is 0.344. The summed E-state index contributed by atoms with van der Waals surface area (Å²) in [6.45, 7) is 5.28. The molecule has 1 heterocycles. The number of nitrogens with one attached hydrogen (secondary N) is 2. The number of amides is 3. The van der Waals surface area contributed by atoms with Crippen LogP contribution in [0.4, 0.5) is 24.5 Å². The number of nitrogens with zero attached hydrogens (tertiary/aromatic N) is 3. The van der Waals surface area contributed by atoms with Crippen LogP contribution in [-0.2, 0) is 35.6 Å². The highest BCUT2D eigenvalue weighted by molar-refractivity contribution is 7.91. The standard InChI is InChI=1S/C30H33N5O5S.C2HF3O2/c1-18-10-12-22-8-6-7-9-23(22)24(18)16-34-25-13-11-21(15-31)14-26(25)35(27(36)17-41(5,39)40)20(3)28(30(34)38)33-29(37)19(2)32-4;3-2(4,5)1(6)7/h6-14,19-20,28,32H,16-17H2,1-5H3,(H,33,37);(H,6,7)/t19?,20-,28-;/m0./s1. The molecule has 4 rings (SSSR count). The number of rotatable bonds is 7. The van der Waals surface area contributed by atoms with Crippen LogP contribution < -0.4 is 20.4 Å². The molecule has 16 heteroatoms. The molecule has 0 saturated carbocycles. The van der Waals surface area contributed by atoms with Crippen molar-refractivity contribution in [3.05, 3.63) is 71.3 Å². The van der Waals surface area contributed by atoms with Crippen LogP contribution in [0.1, 0.15) is 30.5 Å². The van der Waals surface area contributed by atoms with E-state index in [9.17, 15) is 41.2 Å². The second-order valence-electron chi connectivity index (χ2n) is 11.2. The molecular formula is C32H34F3N5O7S. The number of aliphatic carboxylic acids is 1. The van der Waals surface area contributed by atoms with Gasteiger partial charge in [-0.25, -0.2) is 13.2 Å². The molecule has 1 unspecified atom stereocenters. The van der Waals surface area contributed by atoms with Crippen molar-refractivity contribution < 1.29 is 45.9 Å².